The molecule has 4 bridgehead atoms. The van der Waals surface area contributed by atoms with Crippen molar-refractivity contribution >= 4 is 16.9 Å². The Morgan fingerprint density at radius 1 is 1.00 bits per heavy atom. The molecule has 4 aliphatic carbocycles. The third kappa shape index (κ3) is 5.42. The number of urea groups is 1. The molecule has 1 heterocycles. The first-order valence-corrected chi connectivity index (χ1v) is 14.0. The van der Waals surface area contributed by atoms with Crippen LogP contribution in [-0.4, -0.2) is 35.5 Å². The standard InChI is InChI=1S/C30H43N3O/c1-2-3-6-15-33(16-12-30-20-23-17-24(21-30)19-25(18-23)22-30)29(34)32-13-7-8-26-11-14-31-28-10-5-4-9-27(26)28/h4-5,9-11,14,23-25H,2-3,6-8,12-13,15-22H2,1H3,(H,32,34). The molecule has 0 spiro atoms. The monoisotopic (exact) mass is 461 g/mol. The number of hydrogen-bond donors (Lipinski definition) is 1. The fraction of sp³-hybridized carbons (Fsp3) is 0.667. The van der Waals surface area contributed by atoms with E-state index >= 15 is 0 Å². The Kier molecular flexibility index (Phi) is 7.41. The first-order valence-electron chi connectivity index (χ1n) is 14.0. The van der Waals surface area contributed by atoms with E-state index in [1.807, 2.05) is 12.3 Å². The van der Waals surface area contributed by atoms with Crippen LogP contribution in [0.1, 0.15) is 83.1 Å². The lowest BCUT2D eigenvalue weighted by Gasteiger charge is -2.57. The smallest absolute Gasteiger partial charge is 0.317 e. The molecule has 1 N–H and O–H groups in total. The van der Waals surface area contributed by atoms with Crippen LogP contribution in [0.25, 0.3) is 10.9 Å². The molecule has 1 aromatic carbocycles. The van der Waals surface area contributed by atoms with Gasteiger partial charge in [0.2, 0.25) is 0 Å². The van der Waals surface area contributed by atoms with Gasteiger partial charge in [0.1, 0.15) is 0 Å². The van der Waals surface area contributed by atoms with Crippen LogP contribution in [0.5, 0.6) is 0 Å². The van der Waals surface area contributed by atoms with Crippen molar-refractivity contribution in [2.45, 2.75) is 84.0 Å². The summed E-state index contributed by atoms with van der Waals surface area (Å²) in [7, 11) is 0. The lowest BCUT2D eigenvalue weighted by molar-refractivity contribution is -0.0596. The number of rotatable bonds is 11. The fourth-order valence-electron chi connectivity index (χ4n) is 7.79. The van der Waals surface area contributed by atoms with Crippen LogP contribution in [0.4, 0.5) is 4.79 Å². The molecule has 0 unspecified atom stereocenters. The molecule has 0 radical (unpaired) electrons. The van der Waals surface area contributed by atoms with Crippen molar-refractivity contribution in [1.82, 2.24) is 15.2 Å². The van der Waals surface area contributed by atoms with Crippen LogP contribution in [-0.2, 0) is 6.42 Å². The molecule has 4 nitrogen and oxygen atoms in total. The van der Waals surface area contributed by atoms with Gasteiger partial charge >= 0.3 is 6.03 Å². The maximum atomic E-state index is 13.2. The van der Waals surface area contributed by atoms with Crippen LogP contribution in [0.15, 0.2) is 36.5 Å². The second-order valence-electron chi connectivity index (χ2n) is 11.7. The van der Waals surface area contributed by atoms with Gasteiger partial charge in [0.05, 0.1) is 5.52 Å². The largest absolute Gasteiger partial charge is 0.338 e. The average Bonchev–Trinajstić information content (AvgIpc) is 2.83. The Balaban J connectivity index is 1.13. The number of aromatic nitrogens is 1. The molecule has 4 saturated carbocycles. The Morgan fingerprint density at radius 3 is 2.47 bits per heavy atom. The van der Waals surface area contributed by atoms with E-state index < -0.39 is 0 Å². The average molecular weight is 462 g/mol. The minimum absolute atomic E-state index is 0.153. The van der Waals surface area contributed by atoms with Crippen molar-refractivity contribution in [3.05, 3.63) is 42.1 Å². The first kappa shape index (κ1) is 23.6. The van der Waals surface area contributed by atoms with E-state index in [0.29, 0.717) is 5.41 Å². The quantitative estimate of drug-likeness (QED) is 0.367. The van der Waals surface area contributed by atoms with Gasteiger partial charge in [-0.15, -0.1) is 0 Å². The highest BCUT2D eigenvalue weighted by atomic mass is 16.2. The van der Waals surface area contributed by atoms with E-state index in [2.05, 4.69) is 46.4 Å². The summed E-state index contributed by atoms with van der Waals surface area (Å²) < 4.78 is 0. The van der Waals surface area contributed by atoms with Gasteiger partial charge < -0.3 is 10.2 Å². The predicted octanol–water partition coefficient (Wildman–Crippen LogP) is 6.98. The molecular weight excluding hydrogens is 418 g/mol. The van der Waals surface area contributed by atoms with Crippen molar-refractivity contribution < 1.29 is 4.79 Å². The van der Waals surface area contributed by atoms with E-state index in [4.69, 9.17) is 0 Å². The Morgan fingerprint density at radius 2 is 1.74 bits per heavy atom. The fourth-order valence-corrected chi connectivity index (χ4v) is 7.79. The van der Waals surface area contributed by atoms with E-state index in [9.17, 15) is 4.79 Å². The van der Waals surface area contributed by atoms with Crippen molar-refractivity contribution in [3.8, 4) is 0 Å². The summed E-state index contributed by atoms with van der Waals surface area (Å²) in [5.41, 5.74) is 2.91. The number of amides is 2. The maximum absolute atomic E-state index is 13.2. The van der Waals surface area contributed by atoms with Crippen LogP contribution in [0.3, 0.4) is 0 Å². The molecule has 0 saturated heterocycles. The number of pyridine rings is 1. The third-order valence-corrected chi connectivity index (χ3v) is 9.03. The number of carbonyl (C=O) groups excluding carboxylic acids is 1. The predicted molar refractivity (Wildman–Crippen MR) is 140 cm³/mol. The molecule has 4 fully saturated rings. The Labute approximate surface area is 205 Å². The van der Waals surface area contributed by atoms with Crippen LogP contribution < -0.4 is 5.32 Å². The van der Waals surface area contributed by atoms with Crippen molar-refractivity contribution in [3.63, 3.8) is 0 Å². The zero-order valence-corrected chi connectivity index (χ0v) is 21.1. The van der Waals surface area contributed by atoms with Gasteiger partial charge in [0, 0.05) is 31.2 Å². The lowest BCUT2D eigenvalue weighted by Crippen LogP contribution is -2.48. The zero-order valence-electron chi connectivity index (χ0n) is 21.1. The van der Waals surface area contributed by atoms with Crippen LogP contribution in [0, 0.1) is 23.2 Å². The maximum Gasteiger partial charge on any atom is 0.317 e. The molecule has 34 heavy (non-hydrogen) atoms. The summed E-state index contributed by atoms with van der Waals surface area (Å²) in [4.78, 5) is 19.8. The number of para-hydroxylation sites is 1. The number of benzene rings is 1. The van der Waals surface area contributed by atoms with Crippen molar-refractivity contribution in [2.24, 2.45) is 23.2 Å². The van der Waals surface area contributed by atoms with Crippen molar-refractivity contribution in [2.75, 3.05) is 19.6 Å². The van der Waals surface area contributed by atoms with Gasteiger partial charge in [-0.2, -0.15) is 0 Å². The molecule has 4 heteroatoms. The number of aryl methyl sites for hydroxylation is 1. The van der Waals surface area contributed by atoms with Gasteiger partial charge in [0.15, 0.2) is 0 Å². The highest BCUT2D eigenvalue weighted by Crippen LogP contribution is 2.61. The molecule has 1 aromatic heterocycles. The Hall–Kier alpha value is -2.10. The second-order valence-corrected chi connectivity index (χ2v) is 11.7. The molecule has 2 amide bonds. The minimum atomic E-state index is 0.153. The second kappa shape index (κ2) is 10.7. The minimum Gasteiger partial charge on any atom is -0.338 e. The SMILES string of the molecule is CCCCCN(CCC12CC3CC(CC(C3)C1)C2)C(=O)NCCCc1ccnc2ccccc12. The summed E-state index contributed by atoms with van der Waals surface area (Å²) in [5.74, 6) is 2.95. The van der Waals surface area contributed by atoms with Gasteiger partial charge in [-0.05, 0) is 105 Å². The molecule has 0 atom stereocenters. The number of unbranched alkanes of at least 4 members (excludes halogenated alkanes) is 2. The molecule has 4 aliphatic rings. The highest BCUT2D eigenvalue weighted by Gasteiger charge is 2.50. The lowest BCUT2D eigenvalue weighted by atomic mass is 9.49. The van der Waals surface area contributed by atoms with Crippen molar-refractivity contribution in [1.29, 1.82) is 0 Å². The summed E-state index contributed by atoms with van der Waals surface area (Å²) in [6.07, 6.45) is 17.3. The molecule has 0 aliphatic heterocycles. The number of fused-ring (bicyclic) bond motifs is 1. The zero-order chi connectivity index (χ0) is 23.4. The topological polar surface area (TPSA) is 45.2 Å². The highest BCUT2D eigenvalue weighted by molar-refractivity contribution is 5.81. The molecule has 6 rings (SSSR count). The van der Waals surface area contributed by atoms with Crippen LogP contribution >= 0.6 is 0 Å². The summed E-state index contributed by atoms with van der Waals surface area (Å²) in [6.45, 7) is 4.82. The number of nitrogens with zero attached hydrogens (tertiary/aromatic N) is 2. The molecular formula is C30H43N3O. The van der Waals surface area contributed by atoms with E-state index in [1.165, 1.54) is 68.7 Å². The molecule has 184 valence electrons. The van der Waals surface area contributed by atoms with E-state index in [-0.39, 0.29) is 6.03 Å². The first-order chi connectivity index (χ1) is 16.6. The number of hydrogen-bond acceptors (Lipinski definition) is 2. The van der Waals surface area contributed by atoms with Gasteiger partial charge in [0.25, 0.3) is 0 Å². The summed E-state index contributed by atoms with van der Waals surface area (Å²) >= 11 is 0. The van der Waals surface area contributed by atoms with Gasteiger partial charge in [-0.25, -0.2) is 4.79 Å². The van der Waals surface area contributed by atoms with Gasteiger partial charge in [-0.1, -0.05) is 38.0 Å². The number of nitrogens with one attached hydrogen (secondary N) is 1. The third-order valence-electron chi connectivity index (χ3n) is 9.03. The van der Waals surface area contributed by atoms with Gasteiger partial charge in [-0.3, -0.25) is 4.98 Å². The van der Waals surface area contributed by atoms with Crippen LogP contribution in [0.2, 0.25) is 0 Å². The Bertz CT molecular complexity index is 930. The molecule has 2 aromatic rings. The normalized spacial score (nSPS) is 27.3. The number of carbonyl (C=O) groups is 1. The summed E-state index contributed by atoms with van der Waals surface area (Å²) in [6, 6.07) is 10.6. The summed E-state index contributed by atoms with van der Waals surface area (Å²) in [5, 5.41) is 4.49. The van der Waals surface area contributed by atoms with E-state index in [0.717, 1.165) is 62.2 Å². The van der Waals surface area contributed by atoms with E-state index in [1.54, 1.807) is 0 Å².